The SMILES string of the molecule is CN(C)C(=O)NC1CCc2ccccc21. The highest BCUT2D eigenvalue weighted by Gasteiger charge is 2.23. The summed E-state index contributed by atoms with van der Waals surface area (Å²) in [7, 11) is 3.52. The van der Waals surface area contributed by atoms with Crippen molar-refractivity contribution in [2.24, 2.45) is 0 Å². The maximum atomic E-state index is 11.5. The Morgan fingerprint density at radius 1 is 1.40 bits per heavy atom. The molecule has 0 heterocycles. The van der Waals surface area contributed by atoms with E-state index in [1.54, 1.807) is 19.0 Å². The number of carbonyl (C=O) groups is 1. The summed E-state index contributed by atoms with van der Waals surface area (Å²) >= 11 is 0. The minimum Gasteiger partial charge on any atom is -0.331 e. The fourth-order valence-corrected chi connectivity index (χ4v) is 1.99. The van der Waals surface area contributed by atoms with E-state index in [0.717, 1.165) is 12.8 Å². The molecule has 1 unspecified atom stereocenters. The highest BCUT2D eigenvalue weighted by molar-refractivity contribution is 5.74. The van der Waals surface area contributed by atoms with Gasteiger partial charge < -0.3 is 10.2 Å². The predicted octanol–water partition coefficient (Wildman–Crippen LogP) is 1.95. The van der Waals surface area contributed by atoms with Crippen LogP contribution in [0.5, 0.6) is 0 Å². The number of nitrogens with one attached hydrogen (secondary N) is 1. The molecule has 1 aromatic carbocycles. The van der Waals surface area contributed by atoms with E-state index < -0.39 is 0 Å². The predicted molar refractivity (Wildman–Crippen MR) is 59.7 cm³/mol. The molecule has 0 aromatic heterocycles. The minimum atomic E-state index is -0.0169. The van der Waals surface area contributed by atoms with E-state index in [4.69, 9.17) is 0 Å². The van der Waals surface area contributed by atoms with Crippen molar-refractivity contribution in [3.8, 4) is 0 Å². The third-order valence-corrected chi connectivity index (χ3v) is 2.84. The molecule has 0 saturated heterocycles. The molecule has 3 heteroatoms. The van der Waals surface area contributed by atoms with Crippen molar-refractivity contribution < 1.29 is 4.79 Å². The van der Waals surface area contributed by atoms with Crippen LogP contribution < -0.4 is 5.32 Å². The number of amides is 2. The van der Waals surface area contributed by atoms with Crippen LogP contribution in [0.4, 0.5) is 4.79 Å². The Morgan fingerprint density at radius 3 is 2.87 bits per heavy atom. The molecular formula is C12H16N2O. The smallest absolute Gasteiger partial charge is 0.317 e. The molecule has 1 atom stereocenters. The van der Waals surface area contributed by atoms with Crippen LogP contribution in [0.1, 0.15) is 23.6 Å². The van der Waals surface area contributed by atoms with Gasteiger partial charge in [-0.1, -0.05) is 24.3 Å². The van der Waals surface area contributed by atoms with Gasteiger partial charge in [-0.25, -0.2) is 4.79 Å². The Bertz CT molecular complexity index is 374. The van der Waals surface area contributed by atoms with Crippen LogP contribution in [0.2, 0.25) is 0 Å². The van der Waals surface area contributed by atoms with Crippen LogP contribution >= 0.6 is 0 Å². The van der Waals surface area contributed by atoms with E-state index in [-0.39, 0.29) is 12.1 Å². The molecule has 2 amide bonds. The van der Waals surface area contributed by atoms with Gasteiger partial charge in [0.05, 0.1) is 6.04 Å². The Labute approximate surface area is 90.1 Å². The molecule has 1 aliphatic carbocycles. The number of carbonyl (C=O) groups excluding carboxylic acids is 1. The Morgan fingerprint density at radius 2 is 2.13 bits per heavy atom. The number of nitrogens with zero attached hydrogens (tertiary/aromatic N) is 1. The summed E-state index contributed by atoms with van der Waals surface area (Å²) in [5, 5.41) is 3.02. The van der Waals surface area contributed by atoms with Crippen LogP contribution in [-0.4, -0.2) is 25.0 Å². The molecule has 0 bridgehead atoms. The second kappa shape index (κ2) is 3.93. The van der Waals surface area contributed by atoms with Gasteiger partial charge in [0.15, 0.2) is 0 Å². The van der Waals surface area contributed by atoms with Gasteiger partial charge >= 0.3 is 6.03 Å². The lowest BCUT2D eigenvalue weighted by Gasteiger charge is -2.17. The van der Waals surface area contributed by atoms with Crippen LogP contribution in [0.25, 0.3) is 0 Å². The second-order valence-electron chi connectivity index (χ2n) is 4.13. The fourth-order valence-electron chi connectivity index (χ4n) is 1.99. The second-order valence-corrected chi connectivity index (χ2v) is 4.13. The van der Waals surface area contributed by atoms with Crippen molar-refractivity contribution in [3.63, 3.8) is 0 Å². The molecular weight excluding hydrogens is 188 g/mol. The van der Waals surface area contributed by atoms with E-state index in [1.165, 1.54) is 11.1 Å². The zero-order valence-electron chi connectivity index (χ0n) is 9.16. The van der Waals surface area contributed by atoms with Gasteiger partial charge in [-0.15, -0.1) is 0 Å². The lowest BCUT2D eigenvalue weighted by Crippen LogP contribution is -2.36. The number of benzene rings is 1. The van der Waals surface area contributed by atoms with Gasteiger partial charge in [-0.05, 0) is 24.0 Å². The van der Waals surface area contributed by atoms with Gasteiger partial charge in [-0.3, -0.25) is 0 Å². The summed E-state index contributed by atoms with van der Waals surface area (Å²) in [6.07, 6.45) is 2.08. The van der Waals surface area contributed by atoms with Crippen molar-refractivity contribution >= 4 is 6.03 Å². The maximum Gasteiger partial charge on any atom is 0.317 e. The number of hydrogen-bond donors (Lipinski definition) is 1. The average molecular weight is 204 g/mol. The largest absolute Gasteiger partial charge is 0.331 e. The summed E-state index contributed by atoms with van der Waals surface area (Å²) in [4.78, 5) is 13.1. The standard InChI is InChI=1S/C12H16N2O/c1-14(2)12(15)13-11-8-7-9-5-3-4-6-10(9)11/h3-6,11H,7-8H2,1-2H3,(H,13,15). The van der Waals surface area contributed by atoms with Crippen molar-refractivity contribution in [3.05, 3.63) is 35.4 Å². The molecule has 0 fully saturated rings. The Balaban J connectivity index is 2.11. The molecule has 0 radical (unpaired) electrons. The summed E-state index contributed by atoms with van der Waals surface area (Å²) in [5.74, 6) is 0. The normalized spacial score (nSPS) is 18.4. The first-order valence-corrected chi connectivity index (χ1v) is 5.24. The van der Waals surface area contributed by atoms with Gasteiger partial charge in [0.1, 0.15) is 0 Å². The highest BCUT2D eigenvalue weighted by Crippen LogP contribution is 2.30. The zero-order valence-corrected chi connectivity index (χ0v) is 9.16. The number of aryl methyl sites for hydroxylation is 1. The maximum absolute atomic E-state index is 11.5. The van der Waals surface area contributed by atoms with Crippen molar-refractivity contribution in [1.82, 2.24) is 10.2 Å². The summed E-state index contributed by atoms with van der Waals surface area (Å²) in [6.45, 7) is 0. The highest BCUT2D eigenvalue weighted by atomic mass is 16.2. The third kappa shape index (κ3) is 1.96. The van der Waals surface area contributed by atoms with E-state index in [0.29, 0.717) is 0 Å². The first kappa shape index (κ1) is 10.0. The Kier molecular flexibility index (Phi) is 2.62. The monoisotopic (exact) mass is 204 g/mol. The first-order chi connectivity index (χ1) is 7.18. The van der Waals surface area contributed by atoms with Crippen molar-refractivity contribution in [2.45, 2.75) is 18.9 Å². The van der Waals surface area contributed by atoms with Crippen molar-refractivity contribution in [2.75, 3.05) is 14.1 Å². The number of fused-ring (bicyclic) bond motifs is 1. The van der Waals surface area contributed by atoms with Gasteiger partial charge in [-0.2, -0.15) is 0 Å². The van der Waals surface area contributed by atoms with Crippen LogP contribution in [0.15, 0.2) is 24.3 Å². The van der Waals surface area contributed by atoms with E-state index >= 15 is 0 Å². The van der Waals surface area contributed by atoms with Crippen LogP contribution in [0, 0.1) is 0 Å². The quantitative estimate of drug-likeness (QED) is 0.745. The molecule has 1 aliphatic rings. The molecule has 1 N–H and O–H groups in total. The summed E-state index contributed by atoms with van der Waals surface area (Å²) in [6, 6.07) is 8.49. The minimum absolute atomic E-state index is 0.0169. The number of hydrogen-bond acceptors (Lipinski definition) is 1. The van der Waals surface area contributed by atoms with Gasteiger partial charge in [0, 0.05) is 14.1 Å². The van der Waals surface area contributed by atoms with Crippen molar-refractivity contribution in [1.29, 1.82) is 0 Å². The topological polar surface area (TPSA) is 32.3 Å². The number of rotatable bonds is 1. The molecule has 3 nitrogen and oxygen atoms in total. The summed E-state index contributed by atoms with van der Waals surface area (Å²) < 4.78 is 0. The lowest BCUT2D eigenvalue weighted by molar-refractivity contribution is 0.213. The zero-order chi connectivity index (χ0) is 10.8. The lowest BCUT2D eigenvalue weighted by atomic mass is 10.1. The van der Waals surface area contributed by atoms with Gasteiger partial charge in [0.2, 0.25) is 0 Å². The molecule has 15 heavy (non-hydrogen) atoms. The molecule has 2 rings (SSSR count). The third-order valence-electron chi connectivity index (χ3n) is 2.84. The molecule has 1 aromatic rings. The van der Waals surface area contributed by atoms with E-state index in [9.17, 15) is 4.79 Å². The van der Waals surface area contributed by atoms with Crippen LogP contribution in [0.3, 0.4) is 0 Å². The van der Waals surface area contributed by atoms with E-state index in [1.807, 2.05) is 6.07 Å². The molecule has 80 valence electrons. The molecule has 0 aliphatic heterocycles. The number of urea groups is 1. The van der Waals surface area contributed by atoms with E-state index in [2.05, 4.69) is 23.5 Å². The molecule has 0 saturated carbocycles. The first-order valence-electron chi connectivity index (χ1n) is 5.24. The van der Waals surface area contributed by atoms with Gasteiger partial charge in [0.25, 0.3) is 0 Å². The molecule has 0 spiro atoms. The fraction of sp³-hybridized carbons (Fsp3) is 0.417. The summed E-state index contributed by atoms with van der Waals surface area (Å²) in [5.41, 5.74) is 2.63. The van der Waals surface area contributed by atoms with Crippen LogP contribution in [-0.2, 0) is 6.42 Å². The average Bonchev–Trinajstić information content (AvgIpc) is 2.62. The Hall–Kier alpha value is -1.51.